The lowest BCUT2D eigenvalue weighted by molar-refractivity contribution is 0.387. The van der Waals surface area contributed by atoms with Crippen molar-refractivity contribution in [2.24, 2.45) is 0 Å². The first kappa shape index (κ1) is 8.65. The molecule has 0 heterocycles. The molecule has 0 spiro atoms. The third-order valence-electron chi connectivity index (χ3n) is 1.59. The van der Waals surface area contributed by atoms with Gasteiger partial charge in [-0.15, -0.1) is 0 Å². The molecule has 0 saturated heterocycles. The van der Waals surface area contributed by atoms with Gasteiger partial charge in [0.25, 0.3) is 0 Å². The molecule has 1 aromatic carbocycles. The van der Waals surface area contributed by atoms with Crippen LogP contribution >= 0.6 is 0 Å². The van der Waals surface area contributed by atoms with Crippen LogP contribution in [0.5, 0.6) is 5.75 Å². The SMILES string of the molecule is C=C(O)Cc1ccccc1OC. The smallest absolute Gasteiger partial charge is 0.122 e. The molecule has 2 heteroatoms. The summed E-state index contributed by atoms with van der Waals surface area (Å²) in [5.41, 5.74) is 0.951. The van der Waals surface area contributed by atoms with E-state index in [0.717, 1.165) is 11.3 Å². The van der Waals surface area contributed by atoms with Gasteiger partial charge in [0, 0.05) is 12.0 Å². The van der Waals surface area contributed by atoms with Crippen LogP contribution in [0.4, 0.5) is 0 Å². The molecular weight excluding hydrogens is 152 g/mol. The minimum Gasteiger partial charge on any atom is -0.513 e. The Morgan fingerprint density at radius 1 is 1.50 bits per heavy atom. The van der Waals surface area contributed by atoms with E-state index < -0.39 is 0 Å². The Balaban J connectivity index is 2.89. The quantitative estimate of drug-likeness (QED) is 0.694. The van der Waals surface area contributed by atoms with Crippen molar-refractivity contribution in [1.82, 2.24) is 0 Å². The second-order valence-electron chi connectivity index (χ2n) is 2.55. The van der Waals surface area contributed by atoms with Crippen molar-refractivity contribution in [3.63, 3.8) is 0 Å². The predicted octanol–water partition coefficient (Wildman–Crippen LogP) is 2.31. The maximum Gasteiger partial charge on any atom is 0.122 e. The minimum absolute atomic E-state index is 0.152. The molecule has 0 atom stereocenters. The zero-order chi connectivity index (χ0) is 8.97. The lowest BCUT2D eigenvalue weighted by Gasteiger charge is -2.06. The summed E-state index contributed by atoms with van der Waals surface area (Å²) in [5.74, 6) is 0.937. The number of ether oxygens (including phenoxy) is 1. The van der Waals surface area contributed by atoms with Gasteiger partial charge in [-0.05, 0) is 6.07 Å². The van der Waals surface area contributed by atoms with Crippen molar-refractivity contribution < 1.29 is 9.84 Å². The predicted molar refractivity (Wildman–Crippen MR) is 48.5 cm³/mol. The maximum atomic E-state index is 8.98. The molecule has 0 fully saturated rings. The number of benzene rings is 1. The van der Waals surface area contributed by atoms with E-state index in [4.69, 9.17) is 9.84 Å². The molecule has 2 nitrogen and oxygen atoms in total. The van der Waals surface area contributed by atoms with Crippen molar-refractivity contribution in [3.8, 4) is 5.75 Å². The number of allylic oxidation sites excluding steroid dienone is 1. The van der Waals surface area contributed by atoms with Crippen LogP contribution in [0, 0.1) is 0 Å². The molecule has 0 aliphatic heterocycles. The first-order valence-corrected chi connectivity index (χ1v) is 3.72. The van der Waals surface area contributed by atoms with E-state index in [1.807, 2.05) is 24.3 Å². The molecule has 1 N–H and O–H groups in total. The van der Waals surface area contributed by atoms with Crippen LogP contribution in [0.3, 0.4) is 0 Å². The fourth-order valence-electron chi connectivity index (χ4n) is 1.07. The fourth-order valence-corrected chi connectivity index (χ4v) is 1.07. The molecule has 0 saturated carbocycles. The highest BCUT2D eigenvalue weighted by Crippen LogP contribution is 2.19. The average Bonchev–Trinajstić information content (AvgIpc) is 2.04. The highest BCUT2D eigenvalue weighted by Gasteiger charge is 2.01. The van der Waals surface area contributed by atoms with Crippen LogP contribution in [0.2, 0.25) is 0 Å². The number of aliphatic hydroxyl groups is 1. The van der Waals surface area contributed by atoms with Gasteiger partial charge in [0.15, 0.2) is 0 Å². The molecule has 1 rings (SSSR count). The molecule has 0 aromatic heterocycles. The van der Waals surface area contributed by atoms with Crippen LogP contribution in [-0.2, 0) is 6.42 Å². The Morgan fingerprint density at radius 2 is 2.17 bits per heavy atom. The van der Waals surface area contributed by atoms with Crippen LogP contribution in [0.15, 0.2) is 36.6 Å². The highest BCUT2D eigenvalue weighted by molar-refractivity contribution is 5.34. The molecule has 0 radical (unpaired) electrons. The van der Waals surface area contributed by atoms with Gasteiger partial charge in [0.05, 0.1) is 12.9 Å². The minimum atomic E-state index is 0.152. The summed E-state index contributed by atoms with van der Waals surface area (Å²) in [6.45, 7) is 3.43. The van der Waals surface area contributed by atoms with Crippen LogP contribution < -0.4 is 4.74 Å². The second-order valence-corrected chi connectivity index (χ2v) is 2.55. The van der Waals surface area contributed by atoms with E-state index in [9.17, 15) is 0 Å². The Hall–Kier alpha value is -1.44. The maximum absolute atomic E-state index is 8.98. The van der Waals surface area contributed by atoms with Crippen molar-refractivity contribution in [2.75, 3.05) is 7.11 Å². The van der Waals surface area contributed by atoms with Crippen LogP contribution in [-0.4, -0.2) is 12.2 Å². The summed E-state index contributed by atoms with van der Waals surface area (Å²) < 4.78 is 5.09. The molecule has 0 bridgehead atoms. The molecule has 0 amide bonds. The molecular formula is C10H12O2. The van der Waals surface area contributed by atoms with Gasteiger partial charge in [-0.2, -0.15) is 0 Å². The number of para-hydroxylation sites is 1. The highest BCUT2D eigenvalue weighted by atomic mass is 16.5. The Bertz CT molecular complexity index is 279. The van der Waals surface area contributed by atoms with Crippen molar-refractivity contribution in [1.29, 1.82) is 0 Å². The number of methoxy groups -OCH3 is 1. The number of rotatable bonds is 3. The standard InChI is InChI=1S/C10H12O2/c1-8(11)7-9-5-3-4-6-10(9)12-2/h3-6,11H,1,7H2,2H3. The van der Waals surface area contributed by atoms with Crippen LogP contribution in [0.1, 0.15) is 5.56 Å². The van der Waals surface area contributed by atoms with Gasteiger partial charge >= 0.3 is 0 Å². The normalized spacial score (nSPS) is 9.42. The van der Waals surface area contributed by atoms with E-state index in [-0.39, 0.29) is 5.76 Å². The van der Waals surface area contributed by atoms with Gasteiger partial charge in [-0.3, -0.25) is 0 Å². The zero-order valence-electron chi connectivity index (χ0n) is 7.08. The molecule has 1 aromatic rings. The van der Waals surface area contributed by atoms with Gasteiger partial charge in [-0.1, -0.05) is 24.8 Å². The summed E-state index contributed by atoms with van der Waals surface area (Å²) >= 11 is 0. The van der Waals surface area contributed by atoms with Gasteiger partial charge < -0.3 is 9.84 Å². The first-order valence-electron chi connectivity index (χ1n) is 3.72. The van der Waals surface area contributed by atoms with E-state index in [2.05, 4.69) is 6.58 Å². The summed E-state index contributed by atoms with van der Waals surface area (Å²) in [5, 5.41) is 8.98. The van der Waals surface area contributed by atoms with E-state index in [0.29, 0.717) is 6.42 Å². The van der Waals surface area contributed by atoms with E-state index in [1.165, 1.54) is 0 Å². The third-order valence-corrected chi connectivity index (χ3v) is 1.59. The average molecular weight is 164 g/mol. The number of aliphatic hydroxyl groups excluding tert-OH is 1. The lowest BCUT2D eigenvalue weighted by atomic mass is 10.1. The molecule has 64 valence electrons. The van der Waals surface area contributed by atoms with Crippen LogP contribution in [0.25, 0.3) is 0 Å². The summed E-state index contributed by atoms with van der Waals surface area (Å²) in [6.07, 6.45) is 0.448. The first-order chi connectivity index (χ1) is 5.74. The zero-order valence-corrected chi connectivity index (χ0v) is 7.08. The fraction of sp³-hybridized carbons (Fsp3) is 0.200. The summed E-state index contributed by atoms with van der Waals surface area (Å²) in [7, 11) is 1.61. The monoisotopic (exact) mass is 164 g/mol. The topological polar surface area (TPSA) is 29.5 Å². The van der Waals surface area contributed by atoms with Crippen molar-refractivity contribution in [3.05, 3.63) is 42.2 Å². The van der Waals surface area contributed by atoms with Gasteiger partial charge in [0.1, 0.15) is 5.75 Å². The van der Waals surface area contributed by atoms with Crippen molar-refractivity contribution in [2.45, 2.75) is 6.42 Å². The second kappa shape index (κ2) is 3.81. The largest absolute Gasteiger partial charge is 0.513 e. The Kier molecular flexibility index (Phi) is 2.75. The lowest BCUT2D eigenvalue weighted by Crippen LogP contribution is -1.92. The summed E-state index contributed by atoms with van der Waals surface area (Å²) in [6, 6.07) is 7.56. The molecule has 0 unspecified atom stereocenters. The van der Waals surface area contributed by atoms with Gasteiger partial charge in [-0.25, -0.2) is 0 Å². The Morgan fingerprint density at radius 3 is 2.75 bits per heavy atom. The Labute approximate surface area is 72.1 Å². The molecule has 0 aliphatic rings. The number of hydrogen-bond donors (Lipinski definition) is 1. The van der Waals surface area contributed by atoms with E-state index >= 15 is 0 Å². The van der Waals surface area contributed by atoms with Gasteiger partial charge in [0.2, 0.25) is 0 Å². The number of hydrogen-bond acceptors (Lipinski definition) is 2. The molecule has 12 heavy (non-hydrogen) atoms. The molecule has 0 aliphatic carbocycles. The van der Waals surface area contributed by atoms with Crippen molar-refractivity contribution >= 4 is 0 Å². The summed E-state index contributed by atoms with van der Waals surface area (Å²) in [4.78, 5) is 0. The van der Waals surface area contributed by atoms with E-state index in [1.54, 1.807) is 7.11 Å². The third kappa shape index (κ3) is 2.02.